The van der Waals surface area contributed by atoms with Crippen LogP contribution in [0.15, 0.2) is 54.9 Å². The first-order valence-corrected chi connectivity index (χ1v) is 12.4. The van der Waals surface area contributed by atoms with E-state index in [1.54, 1.807) is 15.2 Å². The molecule has 0 amide bonds. The van der Waals surface area contributed by atoms with E-state index in [9.17, 15) is 5.11 Å². The zero-order valence-corrected chi connectivity index (χ0v) is 20.4. The van der Waals surface area contributed by atoms with E-state index in [0.29, 0.717) is 18.2 Å². The number of ether oxygens (including phenoxy) is 1. The van der Waals surface area contributed by atoms with Gasteiger partial charge in [-0.15, -0.1) is 0 Å². The molecule has 2 aromatic carbocycles. The summed E-state index contributed by atoms with van der Waals surface area (Å²) in [5, 5.41) is 15.8. The fourth-order valence-corrected chi connectivity index (χ4v) is 6.21. The number of anilines is 1. The minimum Gasteiger partial charge on any atom is -0.380 e. The molecule has 2 saturated heterocycles. The molecule has 4 heterocycles. The number of halogens is 2. The van der Waals surface area contributed by atoms with Gasteiger partial charge in [-0.05, 0) is 42.6 Å². The summed E-state index contributed by atoms with van der Waals surface area (Å²) < 4.78 is 22.5. The monoisotopic (exact) mass is 560 g/mol. The molecule has 0 radical (unpaired) electrons. The van der Waals surface area contributed by atoms with Gasteiger partial charge in [0.2, 0.25) is 0 Å². The largest absolute Gasteiger partial charge is 0.380 e. The van der Waals surface area contributed by atoms with Crippen LogP contribution in [0.5, 0.6) is 0 Å². The molecule has 0 saturated carbocycles. The maximum Gasteiger partial charge on any atom is 0.138 e. The number of aliphatic hydroxyl groups is 1. The average Bonchev–Trinajstić information content (AvgIpc) is 3.61. The maximum absolute atomic E-state index is 15.2. The van der Waals surface area contributed by atoms with Crippen LogP contribution in [0, 0.1) is 5.82 Å². The second-order valence-corrected chi connectivity index (χ2v) is 10.3. The van der Waals surface area contributed by atoms with E-state index in [4.69, 9.17) is 4.74 Å². The van der Waals surface area contributed by atoms with Crippen molar-refractivity contribution in [3.63, 3.8) is 0 Å². The van der Waals surface area contributed by atoms with Gasteiger partial charge in [0.1, 0.15) is 12.0 Å². The Kier molecular flexibility index (Phi) is 5.44. The highest BCUT2D eigenvalue weighted by atomic mass is 127. The lowest BCUT2D eigenvalue weighted by Gasteiger charge is -2.33. The molecule has 2 fully saturated rings. The maximum atomic E-state index is 15.2. The molecule has 3 atom stereocenters. The molecule has 172 valence electrons. The molecule has 3 aromatic rings. The first-order chi connectivity index (χ1) is 16.0. The Morgan fingerprint density at radius 3 is 2.85 bits per heavy atom. The van der Waals surface area contributed by atoms with E-state index < -0.39 is 6.23 Å². The van der Waals surface area contributed by atoms with Crippen molar-refractivity contribution in [3.8, 4) is 11.1 Å². The van der Waals surface area contributed by atoms with Crippen LogP contribution >= 0.6 is 22.9 Å². The van der Waals surface area contributed by atoms with Gasteiger partial charge in [-0.2, -0.15) is 5.10 Å². The quantitative estimate of drug-likeness (QED) is 0.490. The van der Waals surface area contributed by atoms with Crippen molar-refractivity contribution in [2.45, 2.75) is 37.1 Å². The Labute approximate surface area is 206 Å². The lowest BCUT2D eigenvalue weighted by atomic mass is 9.80. The van der Waals surface area contributed by atoms with E-state index >= 15 is 4.39 Å². The highest BCUT2D eigenvalue weighted by molar-refractivity contribution is 14.1. The third-order valence-corrected chi connectivity index (χ3v) is 8.10. The Morgan fingerprint density at radius 1 is 1.21 bits per heavy atom. The Morgan fingerprint density at radius 2 is 2.09 bits per heavy atom. The van der Waals surface area contributed by atoms with Crippen LogP contribution < -0.4 is 4.90 Å². The van der Waals surface area contributed by atoms with Gasteiger partial charge in [-0.3, -0.25) is 4.90 Å². The first kappa shape index (κ1) is 21.5. The SMILES string of the molecule is OC1N(Cc2ccc(-c3cnn(I)c3)cc2F)c2ccccc2C12CCN(C1CCOC1)C2. The van der Waals surface area contributed by atoms with Gasteiger partial charge in [-0.25, -0.2) is 7.29 Å². The molecular formula is C25H26FIN4O2. The number of rotatable bonds is 4. The summed E-state index contributed by atoms with van der Waals surface area (Å²) in [5.41, 5.74) is 4.07. The van der Waals surface area contributed by atoms with Gasteiger partial charge in [-0.1, -0.05) is 30.3 Å². The van der Waals surface area contributed by atoms with E-state index in [2.05, 4.69) is 45.0 Å². The predicted octanol–water partition coefficient (Wildman–Crippen LogP) is 3.96. The molecule has 8 heteroatoms. The molecule has 1 N–H and O–H groups in total. The highest BCUT2D eigenvalue weighted by Crippen LogP contribution is 2.50. The van der Waals surface area contributed by atoms with Crippen molar-refractivity contribution in [3.05, 3.63) is 71.8 Å². The number of fused-ring (bicyclic) bond motifs is 2. The second-order valence-electron chi connectivity index (χ2n) is 9.34. The average molecular weight is 560 g/mol. The van der Waals surface area contributed by atoms with Gasteiger partial charge < -0.3 is 14.7 Å². The summed E-state index contributed by atoms with van der Waals surface area (Å²) in [7, 11) is 0. The van der Waals surface area contributed by atoms with Crippen LogP contribution in [0.25, 0.3) is 11.1 Å². The number of likely N-dealkylation sites (tertiary alicyclic amines) is 1. The standard InChI is InChI=1S/C25H26FIN4O2/c26-22-11-17(19-12-28-31(27)14-19)5-6-18(22)13-30-23-4-2-1-3-21(23)25(24(30)32)8-9-29(16-25)20-7-10-33-15-20/h1-6,11-12,14,20,24,32H,7-10,13,15-16H2. The molecule has 6 nitrogen and oxygen atoms in total. The first-order valence-electron chi connectivity index (χ1n) is 11.4. The minimum absolute atomic E-state index is 0.268. The molecule has 0 bridgehead atoms. The number of aliphatic hydroxyl groups excluding tert-OH is 1. The molecule has 0 aliphatic carbocycles. The van der Waals surface area contributed by atoms with Crippen molar-refractivity contribution in [2.75, 3.05) is 31.2 Å². The van der Waals surface area contributed by atoms with Gasteiger partial charge in [0.25, 0.3) is 0 Å². The second kappa shape index (κ2) is 8.33. The number of hydrogen-bond donors (Lipinski definition) is 1. The van der Waals surface area contributed by atoms with E-state index in [1.807, 2.05) is 35.4 Å². The summed E-state index contributed by atoms with van der Waals surface area (Å²) in [6, 6.07) is 14.0. The Balaban J connectivity index is 1.29. The van der Waals surface area contributed by atoms with Crippen molar-refractivity contribution in [2.24, 2.45) is 0 Å². The van der Waals surface area contributed by atoms with Gasteiger partial charge >= 0.3 is 0 Å². The topological polar surface area (TPSA) is 53.8 Å². The molecular weight excluding hydrogens is 534 g/mol. The molecule has 1 aromatic heterocycles. The van der Waals surface area contributed by atoms with Crippen molar-refractivity contribution >= 4 is 28.6 Å². The normalized spacial score (nSPS) is 27.1. The smallest absolute Gasteiger partial charge is 0.138 e. The molecule has 3 unspecified atom stereocenters. The zero-order chi connectivity index (χ0) is 22.6. The van der Waals surface area contributed by atoms with E-state index in [1.165, 1.54) is 5.56 Å². The lowest BCUT2D eigenvalue weighted by Crippen LogP contribution is -2.47. The minimum atomic E-state index is -0.696. The van der Waals surface area contributed by atoms with Crippen LogP contribution in [-0.2, 0) is 16.7 Å². The molecule has 6 rings (SSSR count). The summed E-state index contributed by atoms with van der Waals surface area (Å²) in [5.74, 6) is -0.268. The zero-order valence-electron chi connectivity index (χ0n) is 18.2. The number of nitrogens with zero attached hydrogens (tertiary/aromatic N) is 4. The fourth-order valence-electron chi connectivity index (χ4n) is 5.79. The van der Waals surface area contributed by atoms with E-state index in [-0.39, 0.29) is 11.2 Å². The van der Waals surface area contributed by atoms with E-state index in [0.717, 1.165) is 56.0 Å². The fraction of sp³-hybridized carbons (Fsp3) is 0.400. The summed E-state index contributed by atoms with van der Waals surface area (Å²) in [6.07, 6.45) is 4.83. The summed E-state index contributed by atoms with van der Waals surface area (Å²) >= 11 is 2.07. The van der Waals surface area contributed by atoms with Crippen LogP contribution in [0.2, 0.25) is 0 Å². The van der Waals surface area contributed by atoms with Gasteiger partial charge in [0, 0.05) is 48.7 Å². The molecule has 1 spiro atoms. The van der Waals surface area contributed by atoms with Gasteiger partial charge in [0.05, 0.1) is 41.1 Å². The Hall–Kier alpha value is -2.01. The van der Waals surface area contributed by atoms with Crippen LogP contribution in [0.4, 0.5) is 10.1 Å². The third-order valence-electron chi connectivity index (χ3n) is 7.57. The number of aromatic nitrogens is 2. The third kappa shape index (κ3) is 3.58. The highest BCUT2D eigenvalue weighted by Gasteiger charge is 2.54. The van der Waals surface area contributed by atoms with Crippen LogP contribution in [-0.4, -0.2) is 56.6 Å². The summed E-state index contributed by atoms with van der Waals surface area (Å²) in [6.45, 7) is 3.65. The number of benzene rings is 2. The summed E-state index contributed by atoms with van der Waals surface area (Å²) in [4.78, 5) is 4.45. The Bertz CT molecular complexity index is 1180. The predicted molar refractivity (Wildman–Crippen MR) is 133 cm³/mol. The molecule has 3 aliphatic heterocycles. The number of para-hydroxylation sites is 1. The van der Waals surface area contributed by atoms with Gasteiger partial charge in [0.15, 0.2) is 0 Å². The molecule has 3 aliphatic rings. The van der Waals surface area contributed by atoms with Crippen molar-refractivity contribution in [1.82, 2.24) is 12.9 Å². The van der Waals surface area contributed by atoms with Crippen LogP contribution in [0.3, 0.4) is 0 Å². The molecule has 33 heavy (non-hydrogen) atoms. The van der Waals surface area contributed by atoms with Crippen molar-refractivity contribution < 1.29 is 14.2 Å². The lowest BCUT2D eigenvalue weighted by molar-refractivity contribution is 0.0843. The van der Waals surface area contributed by atoms with Crippen molar-refractivity contribution in [1.29, 1.82) is 0 Å². The number of hydrogen-bond acceptors (Lipinski definition) is 5. The van der Waals surface area contributed by atoms with Crippen LogP contribution in [0.1, 0.15) is 24.0 Å².